The van der Waals surface area contributed by atoms with Gasteiger partial charge in [-0.2, -0.15) is 0 Å². The van der Waals surface area contributed by atoms with Crippen LogP contribution < -0.4 is 4.74 Å². The highest BCUT2D eigenvalue weighted by atomic mass is 16.6. The van der Waals surface area contributed by atoms with Crippen molar-refractivity contribution in [2.75, 3.05) is 13.7 Å². The van der Waals surface area contributed by atoms with Gasteiger partial charge in [0.05, 0.1) is 6.61 Å². The molecule has 0 aliphatic heterocycles. The third-order valence-corrected chi connectivity index (χ3v) is 1.79. The lowest BCUT2D eigenvalue weighted by atomic mass is 10.3. The number of ether oxygens (including phenoxy) is 1. The van der Waals surface area contributed by atoms with Crippen LogP contribution in [-0.4, -0.2) is 24.4 Å². The molecule has 1 aromatic heterocycles. The molecule has 1 aromatic rings. The van der Waals surface area contributed by atoms with Gasteiger partial charge < -0.3 is 14.0 Å². The van der Waals surface area contributed by atoms with E-state index in [9.17, 15) is 0 Å². The maximum absolute atomic E-state index is 5.40. The maximum Gasteiger partial charge on any atom is 0.315 e. The van der Waals surface area contributed by atoms with Gasteiger partial charge in [0.2, 0.25) is 0 Å². The molecule has 5 nitrogen and oxygen atoms in total. The molecular weight excluding hydrogens is 196 g/mol. The van der Waals surface area contributed by atoms with Crippen molar-refractivity contribution in [1.82, 2.24) is 4.98 Å². The summed E-state index contributed by atoms with van der Waals surface area (Å²) in [5.74, 6) is 1.05. The maximum atomic E-state index is 5.40. The largest absolute Gasteiger partial charge is 0.464 e. The summed E-state index contributed by atoms with van der Waals surface area (Å²) >= 11 is 0. The number of hydrogen-bond acceptors (Lipinski definition) is 5. The van der Waals surface area contributed by atoms with Crippen LogP contribution in [0.3, 0.4) is 0 Å². The van der Waals surface area contributed by atoms with Crippen molar-refractivity contribution < 1.29 is 14.0 Å². The lowest BCUT2D eigenvalue weighted by molar-refractivity contribution is 0.212. The minimum atomic E-state index is 0.410. The minimum Gasteiger partial charge on any atom is -0.464 e. The van der Waals surface area contributed by atoms with E-state index in [1.807, 2.05) is 13.8 Å². The molecular formula is C10H16N2O3. The predicted molar refractivity (Wildman–Crippen MR) is 56.3 cm³/mol. The van der Waals surface area contributed by atoms with Gasteiger partial charge in [0.25, 0.3) is 0 Å². The molecule has 0 saturated heterocycles. The number of oxazole rings is 1. The number of aryl methyl sites for hydroxylation is 1. The summed E-state index contributed by atoms with van der Waals surface area (Å²) in [5.41, 5.74) is 1.25. The highest BCUT2D eigenvalue weighted by Gasteiger charge is 2.16. The van der Waals surface area contributed by atoms with Gasteiger partial charge >= 0.3 is 5.95 Å². The van der Waals surface area contributed by atoms with E-state index in [4.69, 9.17) is 9.15 Å². The summed E-state index contributed by atoms with van der Waals surface area (Å²) in [6.07, 6.45) is 0.723. The van der Waals surface area contributed by atoms with Crippen molar-refractivity contribution in [3.05, 3.63) is 11.6 Å². The van der Waals surface area contributed by atoms with Gasteiger partial charge in [0.1, 0.15) is 12.8 Å². The van der Waals surface area contributed by atoms with Crippen molar-refractivity contribution in [3.8, 4) is 5.95 Å². The van der Waals surface area contributed by atoms with E-state index < -0.39 is 0 Å². The molecule has 0 bridgehead atoms. The van der Waals surface area contributed by atoms with Gasteiger partial charge in [-0.15, -0.1) is 0 Å². The number of oxime groups is 1. The molecule has 0 N–H and O–H groups in total. The lowest BCUT2D eigenvalue weighted by Crippen LogP contribution is -2.01. The fourth-order valence-corrected chi connectivity index (χ4v) is 1.14. The number of nitrogens with zero attached hydrogens (tertiary/aromatic N) is 2. The summed E-state index contributed by atoms with van der Waals surface area (Å²) in [6, 6.07) is 0. The Kier molecular flexibility index (Phi) is 4.15. The Hall–Kier alpha value is -1.52. The van der Waals surface area contributed by atoms with E-state index >= 15 is 0 Å². The standard InChI is InChI=1S/C10H16N2O3/c1-5-8-11-9(7(3)12-13-4)10(15-8)14-6-2/h5-6H2,1-4H3/b12-7+. The van der Waals surface area contributed by atoms with Gasteiger partial charge in [0, 0.05) is 6.42 Å². The molecule has 0 radical (unpaired) electrons. The molecule has 0 unspecified atom stereocenters. The molecule has 15 heavy (non-hydrogen) atoms. The number of rotatable bonds is 5. The van der Waals surface area contributed by atoms with Crippen LogP contribution in [-0.2, 0) is 11.3 Å². The molecule has 0 spiro atoms. The van der Waals surface area contributed by atoms with Gasteiger partial charge in [-0.1, -0.05) is 12.1 Å². The molecule has 0 aromatic carbocycles. The van der Waals surface area contributed by atoms with Crippen molar-refractivity contribution in [2.24, 2.45) is 5.16 Å². The van der Waals surface area contributed by atoms with Crippen LogP contribution in [0.25, 0.3) is 0 Å². The van der Waals surface area contributed by atoms with Gasteiger partial charge in [-0.3, -0.25) is 0 Å². The van der Waals surface area contributed by atoms with Crippen LogP contribution in [0.5, 0.6) is 5.95 Å². The zero-order valence-electron chi connectivity index (χ0n) is 9.53. The summed E-state index contributed by atoms with van der Waals surface area (Å²) in [7, 11) is 1.49. The first-order chi connectivity index (χ1) is 7.22. The van der Waals surface area contributed by atoms with Gasteiger partial charge in [0.15, 0.2) is 11.6 Å². The molecule has 0 saturated carbocycles. The average molecular weight is 212 g/mol. The summed E-state index contributed by atoms with van der Waals surface area (Å²) < 4.78 is 10.7. The van der Waals surface area contributed by atoms with Gasteiger partial charge in [-0.25, -0.2) is 4.98 Å². The second-order valence-corrected chi connectivity index (χ2v) is 2.89. The molecule has 0 aliphatic rings. The van der Waals surface area contributed by atoms with Crippen LogP contribution in [0.15, 0.2) is 9.57 Å². The molecule has 0 aliphatic carbocycles. The van der Waals surface area contributed by atoms with Crippen LogP contribution in [0, 0.1) is 0 Å². The fourth-order valence-electron chi connectivity index (χ4n) is 1.14. The lowest BCUT2D eigenvalue weighted by Gasteiger charge is -1.99. The highest BCUT2D eigenvalue weighted by Crippen LogP contribution is 2.21. The van der Waals surface area contributed by atoms with Gasteiger partial charge in [-0.05, 0) is 13.8 Å². The van der Waals surface area contributed by atoms with E-state index in [2.05, 4.69) is 15.0 Å². The second kappa shape index (κ2) is 5.38. The SMILES string of the molecule is CCOc1oc(CC)nc1/C(C)=N/OC. The summed E-state index contributed by atoms with van der Waals surface area (Å²) in [6.45, 7) is 6.18. The second-order valence-electron chi connectivity index (χ2n) is 2.89. The average Bonchev–Trinajstić information content (AvgIpc) is 2.62. The van der Waals surface area contributed by atoms with E-state index in [1.165, 1.54) is 7.11 Å². The molecule has 0 amide bonds. The summed E-state index contributed by atoms with van der Waals surface area (Å²) in [4.78, 5) is 8.95. The Bertz CT molecular complexity index is 344. The Morgan fingerprint density at radius 1 is 1.47 bits per heavy atom. The Labute approximate surface area is 89.1 Å². The zero-order valence-corrected chi connectivity index (χ0v) is 9.53. The van der Waals surface area contributed by atoms with Crippen LogP contribution in [0.1, 0.15) is 32.4 Å². The quantitative estimate of drug-likeness (QED) is 0.553. The summed E-state index contributed by atoms with van der Waals surface area (Å²) in [5, 5.41) is 3.80. The first-order valence-corrected chi connectivity index (χ1v) is 4.93. The topological polar surface area (TPSA) is 56.9 Å². The van der Waals surface area contributed by atoms with Crippen LogP contribution in [0.4, 0.5) is 0 Å². The van der Waals surface area contributed by atoms with Crippen molar-refractivity contribution in [3.63, 3.8) is 0 Å². The molecule has 0 fully saturated rings. The Morgan fingerprint density at radius 2 is 2.20 bits per heavy atom. The molecule has 1 rings (SSSR count). The van der Waals surface area contributed by atoms with E-state index in [0.29, 0.717) is 29.8 Å². The fraction of sp³-hybridized carbons (Fsp3) is 0.600. The first-order valence-electron chi connectivity index (χ1n) is 4.93. The first kappa shape index (κ1) is 11.6. The number of aromatic nitrogens is 1. The molecule has 84 valence electrons. The van der Waals surface area contributed by atoms with Crippen molar-refractivity contribution in [1.29, 1.82) is 0 Å². The van der Waals surface area contributed by atoms with E-state index in [1.54, 1.807) is 6.92 Å². The zero-order chi connectivity index (χ0) is 11.3. The normalized spacial score (nSPS) is 11.6. The van der Waals surface area contributed by atoms with E-state index in [-0.39, 0.29) is 0 Å². The monoisotopic (exact) mass is 212 g/mol. The van der Waals surface area contributed by atoms with Crippen LogP contribution in [0.2, 0.25) is 0 Å². The van der Waals surface area contributed by atoms with Crippen molar-refractivity contribution in [2.45, 2.75) is 27.2 Å². The molecule has 5 heteroatoms. The Balaban J connectivity index is 3.02. The van der Waals surface area contributed by atoms with Crippen LogP contribution >= 0.6 is 0 Å². The molecule has 1 heterocycles. The van der Waals surface area contributed by atoms with E-state index in [0.717, 1.165) is 6.42 Å². The highest BCUT2D eigenvalue weighted by molar-refractivity contribution is 5.98. The minimum absolute atomic E-state index is 0.410. The Morgan fingerprint density at radius 3 is 2.73 bits per heavy atom. The third-order valence-electron chi connectivity index (χ3n) is 1.79. The molecule has 0 atom stereocenters. The number of hydrogen-bond donors (Lipinski definition) is 0. The third kappa shape index (κ3) is 2.71. The van der Waals surface area contributed by atoms with Crippen molar-refractivity contribution >= 4 is 5.71 Å². The predicted octanol–water partition coefficient (Wildman–Crippen LogP) is 2.01. The smallest absolute Gasteiger partial charge is 0.315 e.